The lowest BCUT2D eigenvalue weighted by atomic mass is 10.1. The second-order valence-corrected chi connectivity index (χ2v) is 4.58. The number of aromatic hydroxyl groups is 1. The summed E-state index contributed by atoms with van der Waals surface area (Å²) in [7, 11) is 1.49. The van der Waals surface area contributed by atoms with Gasteiger partial charge in [0.2, 0.25) is 0 Å². The fourth-order valence-electron chi connectivity index (χ4n) is 2.42. The van der Waals surface area contributed by atoms with Crippen molar-refractivity contribution in [3.05, 3.63) is 39.8 Å². The fraction of sp³-hybridized carbons (Fsp3) is 0.286. The first kappa shape index (κ1) is 11.8. The molecule has 0 saturated carbocycles. The Morgan fingerprint density at radius 3 is 2.95 bits per heavy atom. The Morgan fingerprint density at radius 2 is 2.21 bits per heavy atom. The van der Waals surface area contributed by atoms with Crippen molar-refractivity contribution in [2.75, 3.05) is 7.11 Å². The molecule has 2 N–H and O–H groups in total. The molecule has 1 heterocycles. The lowest BCUT2D eigenvalue weighted by molar-refractivity contribution is 0.373. The number of aromatic nitrogens is 2. The average Bonchev–Trinajstić information content (AvgIpc) is 2.87. The van der Waals surface area contributed by atoms with E-state index in [-0.39, 0.29) is 11.3 Å². The third kappa shape index (κ3) is 1.97. The zero-order valence-corrected chi connectivity index (χ0v) is 10.6. The Labute approximate surface area is 109 Å². The number of hydrogen-bond acceptors (Lipinski definition) is 4. The first-order valence-corrected chi connectivity index (χ1v) is 6.18. The van der Waals surface area contributed by atoms with Crippen molar-refractivity contribution in [3.63, 3.8) is 0 Å². The lowest BCUT2D eigenvalue weighted by Crippen LogP contribution is -2.15. The van der Waals surface area contributed by atoms with Gasteiger partial charge in [0.1, 0.15) is 5.82 Å². The van der Waals surface area contributed by atoms with Crippen LogP contribution >= 0.6 is 0 Å². The largest absolute Gasteiger partial charge is 0.504 e. The molecule has 98 valence electrons. The maximum absolute atomic E-state index is 11.9. The van der Waals surface area contributed by atoms with Crippen LogP contribution < -0.4 is 10.3 Å². The van der Waals surface area contributed by atoms with E-state index in [2.05, 4.69) is 9.97 Å². The Hall–Kier alpha value is -2.30. The standard InChI is InChI=1S/C14H14N2O3/c1-19-12-6-5-8(7-11(12)17)13-15-10-4-2-3-9(10)14(18)16-13/h5-7,17H,2-4H2,1H3,(H,15,16,18). The predicted octanol–water partition coefficient (Wildman–Crippen LogP) is 1.64. The number of benzene rings is 1. The van der Waals surface area contributed by atoms with E-state index in [0.717, 1.165) is 30.5 Å². The minimum atomic E-state index is -0.0761. The van der Waals surface area contributed by atoms with E-state index in [4.69, 9.17) is 4.74 Å². The Balaban J connectivity index is 2.10. The number of methoxy groups -OCH3 is 1. The lowest BCUT2D eigenvalue weighted by Gasteiger charge is -2.07. The molecule has 3 rings (SSSR count). The minimum absolute atomic E-state index is 0.0307. The summed E-state index contributed by atoms with van der Waals surface area (Å²) in [4.78, 5) is 19.2. The Kier molecular flexibility index (Phi) is 2.74. The van der Waals surface area contributed by atoms with Crippen LogP contribution in [0.2, 0.25) is 0 Å². The molecule has 1 aliphatic rings. The summed E-state index contributed by atoms with van der Waals surface area (Å²) in [5.74, 6) is 0.916. The first-order valence-electron chi connectivity index (χ1n) is 6.18. The number of H-pyrrole nitrogens is 1. The van der Waals surface area contributed by atoms with Gasteiger partial charge < -0.3 is 14.8 Å². The van der Waals surface area contributed by atoms with Gasteiger partial charge in [-0.1, -0.05) is 0 Å². The number of rotatable bonds is 2. The molecule has 5 heteroatoms. The van der Waals surface area contributed by atoms with E-state index < -0.39 is 0 Å². The molecule has 0 atom stereocenters. The van der Waals surface area contributed by atoms with Crippen molar-refractivity contribution in [2.24, 2.45) is 0 Å². The number of ether oxygens (including phenoxy) is 1. The number of aryl methyl sites for hydroxylation is 1. The maximum atomic E-state index is 11.9. The van der Waals surface area contributed by atoms with Gasteiger partial charge in [-0.2, -0.15) is 0 Å². The maximum Gasteiger partial charge on any atom is 0.254 e. The van der Waals surface area contributed by atoms with Gasteiger partial charge >= 0.3 is 0 Å². The van der Waals surface area contributed by atoms with Crippen LogP contribution in [0.3, 0.4) is 0 Å². The fourth-order valence-corrected chi connectivity index (χ4v) is 2.42. The minimum Gasteiger partial charge on any atom is -0.504 e. The summed E-state index contributed by atoms with van der Waals surface area (Å²) in [6.07, 6.45) is 2.61. The molecule has 0 spiro atoms. The van der Waals surface area contributed by atoms with E-state index in [9.17, 15) is 9.90 Å². The summed E-state index contributed by atoms with van der Waals surface area (Å²) < 4.78 is 4.99. The van der Waals surface area contributed by atoms with E-state index in [1.165, 1.54) is 7.11 Å². The van der Waals surface area contributed by atoms with Crippen molar-refractivity contribution in [1.82, 2.24) is 9.97 Å². The SMILES string of the molecule is COc1ccc(-c2nc3c(c(=O)[nH]2)CCC3)cc1O. The van der Waals surface area contributed by atoms with Gasteiger partial charge in [0.15, 0.2) is 11.5 Å². The van der Waals surface area contributed by atoms with Gasteiger partial charge in [-0.25, -0.2) is 4.98 Å². The van der Waals surface area contributed by atoms with Crippen LogP contribution in [0.15, 0.2) is 23.0 Å². The third-order valence-corrected chi connectivity index (χ3v) is 3.39. The third-order valence-electron chi connectivity index (χ3n) is 3.39. The van der Waals surface area contributed by atoms with Crippen molar-refractivity contribution >= 4 is 0 Å². The highest BCUT2D eigenvalue weighted by atomic mass is 16.5. The van der Waals surface area contributed by atoms with Gasteiger partial charge in [-0.3, -0.25) is 4.79 Å². The number of phenols is 1. The van der Waals surface area contributed by atoms with Gasteiger partial charge in [-0.15, -0.1) is 0 Å². The quantitative estimate of drug-likeness (QED) is 0.858. The van der Waals surface area contributed by atoms with E-state index in [1.54, 1.807) is 18.2 Å². The van der Waals surface area contributed by atoms with Crippen LogP contribution in [0.5, 0.6) is 11.5 Å². The van der Waals surface area contributed by atoms with Crippen LogP contribution in [0, 0.1) is 0 Å². The molecule has 0 unspecified atom stereocenters. The smallest absolute Gasteiger partial charge is 0.254 e. The van der Waals surface area contributed by atoms with E-state index >= 15 is 0 Å². The number of nitrogens with one attached hydrogen (secondary N) is 1. The number of nitrogens with zero attached hydrogens (tertiary/aromatic N) is 1. The molecule has 0 saturated heterocycles. The zero-order chi connectivity index (χ0) is 13.4. The normalized spacial score (nSPS) is 13.3. The topological polar surface area (TPSA) is 75.2 Å². The Morgan fingerprint density at radius 1 is 1.37 bits per heavy atom. The highest BCUT2D eigenvalue weighted by Crippen LogP contribution is 2.30. The molecule has 0 fully saturated rings. The molecule has 5 nitrogen and oxygen atoms in total. The van der Waals surface area contributed by atoms with E-state index in [1.807, 2.05) is 0 Å². The van der Waals surface area contributed by atoms with Crippen LogP contribution in [0.4, 0.5) is 0 Å². The Bertz CT molecular complexity index is 692. The van der Waals surface area contributed by atoms with Crippen LogP contribution in [0.1, 0.15) is 17.7 Å². The van der Waals surface area contributed by atoms with Crippen molar-refractivity contribution in [3.8, 4) is 22.9 Å². The van der Waals surface area contributed by atoms with Gasteiger partial charge in [-0.05, 0) is 37.5 Å². The summed E-state index contributed by atoms with van der Waals surface area (Å²) in [6.45, 7) is 0. The van der Waals surface area contributed by atoms with Crippen LogP contribution in [-0.2, 0) is 12.8 Å². The van der Waals surface area contributed by atoms with Crippen LogP contribution in [0.25, 0.3) is 11.4 Å². The van der Waals surface area contributed by atoms with Crippen molar-refractivity contribution in [1.29, 1.82) is 0 Å². The summed E-state index contributed by atoms with van der Waals surface area (Å²) in [6, 6.07) is 4.95. The molecule has 2 aromatic rings. The van der Waals surface area contributed by atoms with Gasteiger partial charge in [0, 0.05) is 11.1 Å². The second-order valence-electron chi connectivity index (χ2n) is 4.58. The van der Waals surface area contributed by atoms with Gasteiger partial charge in [0.05, 0.1) is 12.8 Å². The first-order chi connectivity index (χ1) is 9.19. The van der Waals surface area contributed by atoms with Crippen molar-refractivity contribution < 1.29 is 9.84 Å². The molecule has 1 aromatic carbocycles. The molecule has 1 aliphatic carbocycles. The number of phenolic OH excluding ortho intramolecular Hbond substituents is 1. The summed E-state index contributed by atoms with van der Waals surface area (Å²) in [5.41, 5.74) is 2.26. The summed E-state index contributed by atoms with van der Waals surface area (Å²) in [5, 5.41) is 9.77. The molecule has 0 radical (unpaired) electrons. The molecular weight excluding hydrogens is 244 g/mol. The second kappa shape index (κ2) is 4.42. The number of aromatic amines is 1. The molecular formula is C14H14N2O3. The van der Waals surface area contributed by atoms with Gasteiger partial charge in [0.25, 0.3) is 5.56 Å². The monoisotopic (exact) mass is 258 g/mol. The predicted molar refractivity (Wildman–Crippen MR) is 70.5 cm³/mol. The van der Waals surface area contributed by atoms with Crippen LogP contribution in [-0.4, -0.2) is 22.2 Å². The number of hydrogen-bond donors (Lipinski definition) is 2. The molecule has 0 bridgehead atoms. The number of fused-ring (bicyclic) bond motifs is 1. The molecule has 19 heavy (non-hydrogen) atoms. The highest BCUT2D eigenvalue weighted by molar-refractivity contribution is 5.61. The molecule has 0 amide bonds. The molecule has 1 aromatic heterocycles. The highest BCUT2D eigenvalue weighted by Gasteiger charge is 2.18. The van der Waals surface area contributed by atoms with E-state index in [0.29, 0.717) is 17.1 Å². The van der Waals surface area contributed by atoms with Crippen molar-refractivity contribution in [2.45, 2.75) is 19.3 Å². The average molecular weight is 258 g/mol. The summed E-state index contributed by atoms with van der Waals surface area (Å²) >= 11 is 0. The molecule has 0 aliphatic heterocycles. The zero-order valence-electron chi connectivity index (χ0n) is 10.6.